The van der Waals surface area contributed by atoms with Crippen LogP contribution in [-0.2, 0) is 4.74 Å². The summed E-state index contributed by atoms with van der Waals surface area (Å²) in [5.41, 5.74) is -0.424. The lowest BCUT2D eigenvalue weighted by atomic mass is 9.95. The van der Waals surface area contributed by atoms with Gasteiger partial charge in [0.15, 0.2) is 0 Å². The number of carbonyl (C=O) groups is 1. The number of rotatable bonds is 1. The molecule has 2 aromatic rings. The van der Waals surface area contributed by atoms with E-state index in [1.165, 1.54) is 15.0 Å². The van der Waals surface area contributed by atoms with Crippen molar-refractivity contribution in [2.45, 2.75) is 45.1 Å². The minimum atomic E-state index is -0.424. The van der Waals surface area contributed by atoms with Gasteiger partial charge in [-0.2, -0.15) is 0 Å². The average Bonchev–Trinajstić information content (AvgIpc) is 2.89. The van der Waals surface area contributed by atoms with E-state index in [9.17, 15) is 4.79 Å². The van der Waals surface area contributed by atoms with Crippen LogP contribution in [0.3, 0.4) is 0 Å². The highest BCUT2D eigenvalue weighted by molar-refractivity contribution is 7.19. The van der Waals surface area contributed by atoms with Crippen LogP contribution in [0.1, 0.15) is 44.4 Å². The predicted molar refractivity (Wildman–Crippen MR) is 89.4 cm³/mol. The van der Waals surface area contributed by atoms with Crippen LogP contribution in [0.4, 0.5) is 4.79 Å². The predicted octanol–water partition coefficient (Wildman–Crippen LogP) is 4.41. The van der Waals surface area contributed by atoms with Crippen molar-refractivity contribution < 1.29 is 9.53 Å². The molecule has 1 fully saturated rings. The number of likely N-dealkylation sites (tertiary alicyclic amines) is 1. The number of pyridine rings is 1. The molecule has 0 spiro atoms. The highest BCUT2D eigenvalue weighted by Crippen LogP contribution is 2.36. The lowest BCUT2D eigenvalue weighted by Crippen LogP contribution is -2.41. The molecule has 0 saturated carbocycles. The number of thiophene rings is 1. The summed E-state index contributed by atoms with van der Waals surface area (Å²) in [5, 5.41) is 1.27. The van der Waals surface area contributed by atoms with E-state index in [1.807, 2.05) is 49.4 Å². The summed E-state index contributed by atoms with van der Waals surface area (Å²) in [7, 11) is 0. The van der Waals surface area contributed by atoms with Gasteiger partial charge in [0.2, 0.25) is 0 Å². The fourth-order valence-electron chi connectivity index (χ4n) is 2.78. The molecule has 1 amide bonds. The van der Waals surface area contributed by atoms with E-state index in [2.05, 4.69) is 17.1 Å². The SMILES string of the molecule is CC(C)(C)OC(=O)N1CCC(c2cc3ccncc3s2)CC1. The zero-order valence-corrected chi connectivity index (χ0v) is 14.2. The third-order valence-electron chi connectivity index (χ3n) is 3.89. The third kappa shape index (κ3) is 3.40. The molecule has 0 aromatic carbocycles. The zero-order chi connectivity index (χ0) is 15.7. The number of ether oxygens (including phenoxy) is 1. The van der Waals surface area contributed by atoms with E-state index in [0.717, 1.165) is 25.9 Å². The lowest BCUT2D eigenvalue weighted by Gasteiger charge is -2.33. The second kappa shape index (κ2) is 5.88. The number of hydrogen-bond donors (Lipinski definition) is 0. The maximum absolute atomic E-state index is 12.1. The molecular formula is C17H22N2O2S. The number of amides is 1. The normalized spacial score (nSPS) is 17.0. The van der Waals surface area contributed by atoms with E-state index < -0.39 is 5.60 Å². The van der Waals surface area contributed by atoms with Gasteiger partial charge in [-0.15, -0.1) is 11.3 Å². The Morgan fingerprint density at radius 3 is 2.73 bits per heavy atom. The summed E-state index contributed by atoms with van der Waals surface area (Å²) in [4.78, 5) is 19.5. The molecule has 0 atom stereocenters. The van der Waals surface area contributed by atoms with Crippen LogP contribution in [0.5, 0.6) is 0 Å². The van der Waals surface area contributed by atoms with Gasteiger partial charge in [-0.05, 0) is 57.0 Å². The van der Waals surface area contributed by atoms with Crippen molar-refractivity contribution in [3.63, 3.8) is 0 Å². The van der Waals surface area contributed by atoms with Gasteiger partial charge < -0.3 is 9.64 Å². The summed E-state index contributed by atoms with van der Waals surface area (Å²) in [6.07, 6.45) is 5.58. The van der Waals surface area contributed by atoms with Gasteiger partial charge in [0.25, 0.3) is 0 Å². The fourth-order valence-corrected chi connectivity index (χ4v) is 3.98. The van der Waals surface area contributed by atoms with Crippen molar-refractivity contribution in [1.29, 1.82) is 0 Å². The first kappa shape index (κ1) is 15.3. The third-order valence-corrected chi connectivity index (χ3v) is 5.14. The van der Waals surface area contributed by atoms with Crippen molar-refractivity contribution in [2.75, 3.05) is 13.1 Å². The van der Waals surface area contributed by atoms with Crippen LogP contribution >= 0.6 is 11.3 Å². The van der Waals surface area contributed by atoms with Gasteiger partial charge in [-0.25, -0.2) is 4.79 Å². The largest absolute Gasteiger partial charge is 0.444 e. The van der Waals surface area contributed by atoms with Gasteiger partial charge in [-0.1, -0.05) is 0 Å². The molecule has 22 heavy (non-hydrogen) atoms. The molecule has 1 saturated heterocycles. The Kier molecular flexibility index (Phi) is 4.08. The molecule has 3 heterocycles. The van der Waals surface area contributed by atoms with E-state index in [1.54, 1.807) is 0 Å². The van der Waals surface area contributed by atoms with E-state index in [-0.39, 0.29) is 6.09 Å². The first-order chi connectivity index (χ1) is 10.4. The summed E-state index contributed by atoms with van der Waals surface area (Å²) in [6.45, 7) is 7.26. The maximum atomic E-state index is 12.1. The Balaban J connectivity index is 1.63. The van der Waals surface area contributed by atoms with E-state index in [0.29, 0.717) is 5.92 Å². The molecule has 1 aliphatic heterocycles. The molecule has 0 radical (unpaired) electrons. The molecule has 2 aromatic heterocycles. The summed E-state index contributed by atoms with van der Waals surface area (Å²) in [5.74, 6) is 0.538. The van der Waals surface area contributed by atoms with Crippen molar-refractivity contribution in [2.24, 2.45) is 0 Å². The first-order valence-electron chi connectivity index (χ1n) is 7.74. The van der Waals surface area contributed by atoms with E-state index >= 15 is 0 Å². The molecule has 0 N–H and O–H groups in total. The smallest absolute Gasteiger partial charge is 0.410 e. The lowest BCUT2D eigenvalue weighted by molar-refractivity contribution is 0.0205. The van der Waals surface area contributed by atoms with E-state index in [4.69, 9.17) is 4.74 Å². The molecule has 4 nitrogen and oxygen atoms in total. The Labute approximate surface area is 135 Å². The highest BCUT2D eigenvalue weighted by atomic mass is 32.1. The van der Waals surface area contributed by atoms with Crippen LogP contribution < -0.4 is 0 Å². The Morgan fingerprint density at radius 1 is 1.36 bits per heavy atom. The van der Waals surface area contributed by atoms with Gasteiger partial charge in [0.1, 0.15) is 5.60 Å². The first-order valence-corrected chi connectivity index (χ1v) is 8.55. The second-order valence-corrected chi connectivity index (χ2v) is 7.92. The minimum absolute atomic E-state index is 0.188. The Hall–Kier alpha value is -1.62. The summed E-state index contributed by atoms with van der Waals surface area (Å²) in [6, 6.07) is 4.33. The number of carbonyl (C=O) groups excluding carboxylic acids is 1. The zero-order valence-electron chi connectivity index (χ0n) is 13.3. The molecule has 5 heteroatoms. The number of piperidine rings is 1. The van der Waals surface area contributed by atoms with Crippen molar-refractivity contribution in [1.82, 2.24) is 9.88 Å². The Bertz CT molecular complexity index is 634. The molecule has 1 aliphatic rings. The molecule has 3 rings (SSSR count). The fraction of sp³-hybridized carbons (Fsp3) is 0.529. The molecular weight excluding hydrogens is 296 g/mol. The van der Waals surface area contributed by atoms with Crippen LogP contribution in [0.2, 0.25) is 0 Å². The van der Waals surface area contributed by atoms with Gasteiger partial charge in [0.05, 0.1) is 4.70 Å². The monoisotopic (exact) mass is 318 g/mol. The van der Waals surface area contributed by atoms with Crippen LogP contribution in [0.25, 0.3) is 10.1 Å². The number of nitrogens with zero attached hydrogens (tertiary/aromatic N) is 2. The van der Waals surface area contributed by atoms with Crippen molar-refractivity contribution >= 4 is 27.5 Å². The molecule has 0 unspecified atom stereocenters. The summed E-state index contributed by atoms with van der Waals surface area (Å²) >= 11 is 1.83. The van der Waals surface area contributed by atoms with Crippen molar-refractivity contribution in [3.05, 3.63) is 29.4 Å². The molecule has 118 valence electrons. The quantitative estimate of drug-likeness (QED) is 0.782. The minimum Gasteiger partial charge on any atom is -0.444 e. The van der Waals surface area contributed by atoms with Gasteiger partial charge >= 0.3 is 6.09 Å². The molecule has 0 bridgehead atoms. The van der Waals surface area contributed by atoms with Crippen LogP contribution in [-0.4, -0.2) is 34.7 Å². The van der Waals surface area contributed by atoms with Crippen LogP contribution in [0.15, 0.2) is 24.5 Å². The Morgan fingerprint density at radius 2 is 2.09 bits per heavy atom. The van der Waals surface area contributed by atoms with Gasteiger partial charge in [0, 0.05) is 30.4 Å². The molecule has 0 aliphatic carbocycles. The number of hydrogen-bond acceptors (Lipinski definition) is 4. The van der Waals surface area contributed by atoms with Crippen LogP contribution in [0, 0.1) is 0 Å². The number of fused-ring (bicyclic) bond motifs is 1. The highest BCUT2D eigenvalue weighted by Gasteiger charge is 2.28. The van der Waals surface area contributed by atoms with Gasteiger partial charge in [-0.3, -0.25) is 4.98 Å². The summed E-state index contributed by atoms with van der Waals surface area (Å²) < 4.78 is 6.69. The topological polar surface area (TPSA) is 42.4 Å². The standard InChI is InChI=1S/C17H22N2O2S/c1-17(2,3)21-16(20)19-8-5-12(6-9-19)14-10-13-4-7-18-11-15(13)22-14/h4,7,10-12H,5-6,8-9H2,1-3H3. The maximum Gasteiger partial charge on any atom is 0.410 e. The second-order valence-electron chi connectivity index (χ2n) is 6.80. The number of aromatic nitrogens is 1. The van der Waals surface area contributed by atoms with Crippen molar-refractivity contribution in [3.8, 4) is 0 Å². The average molecular weight is 318 g/mol.